The van der Waals surface area contributed by atoms with Crippen LogP contribution in [0.2, 0.25) is 0 Å². The first-order valence-electron chi connectivity index (χ1n) is 8.23. The van der Waals surface area contributed by atoms with Gasteiger partial charge in [0.2, 0.25) is 0 Å². The van der Waals surface area contributed by atoms with E-state index in [0.29, 0.717) is 25.7 Å². The number of rotatable bonds is 5. The molecule has 5 nitrogen and oxygen atoms in total. The van der Waals surface area contributed by atoms with Gasteiger partial charge in [-0.2, -0.15) is 17.0 Å². The zero-order chi connectivity index (χ0) is 14.9. The molecule has 0 aromatic rings. The number of hydrogen-bond acceptors (Lipinski definition) is 3. The van der Waals surface area contributed by atoms with Gasteiger partial charge in [0.05, 0.1) is 0 Å². The molecule has 3 rings (SSSR count). The summed E-state index contributed by atoms with van der Waals surface area (Å²) in [6.45, 7) is 4.69. The lowest BCUT2D eigenvalue weighted by molar-refractivity contribution is 0.226. The summed E-state index contributed by atoms with van der Waals surface area (Å²) in [6, 6.07) is 0.771. The van der Waals surface area contributed by atoms with E-state index in [9.17, 15) is 8.42 Å². The molecule has 1 saturated carbocycles. The van der Waals surface area contributed by atoms with E-state index in [1.807, 2.05) is 6.92 Å². The first-order valence-corrected chi connectivity index (χ1v) is 9.63. The molecule has 1 N–H and O–H groups in total. The number of nitrogens with zero attached hydrogens (tertiary/aromatic N) is 2. The van der Waals surface area contributed by atoms with Gasteiger partial charge in [-0.15, -0.1) is 0 Å². The molecule has 0 radical (unpaired) electrons. The lowest BCUT2D eigenvalue weighted by atomic mass is 10.1. The Kier molecular flexibility index (Phi) is 4.69. The Hall–Kier alpha value is -0.430. The smallest absolute Gasteiger partial charge is 0.282 e. The fourth-order valence-electron chi connectivity index (χ4n) is 3.29. The molecule has 1 aliphatic carbocycles. The van der Waals surface area contributed by atoms with Gasteiger partial charge in [0.25, 0.3) is 10.2 Å². The van der Waals surface area contributed by atoms with Crippen molar-refractivity contribution in [3.8, 4) is 0 Å². The second-order valence-electron chi connectivity index (χ2n) is 6.62. The van der Waals surface area contributed by atoms with E-state index in [1.165, 1.54) is 12.8 Å². The van der Waals surface area contributed by atoms with E-state index in [2.05, 4.69) is 11.4 Å². The van der Waals surface area contributed by atoms with Crippen molar-refractivity contribution in [1.82, 2.24) is 13.9 Å². The Morgan fingerprint density at radius 1 is 1.24 bits per heavy atom. The number of piperidine rings is 1. The second kappa shape index (κ2) is 6.36. The van der Waals surface area contributed by atoms with Crippen LogP contribution in [0.15, 0.2) is 11.6 Å². The van der Waals surface area contributed by atoms with Gasteiger partial charge in [0.1, 0.15) is 0 Å². The van der Waals surface area contributed by atoms with Gasteiger partial charge in [-0.1, -0.05) is 18.1 Å². The van der Waals surface area contributed by atoms with Crippen molar-refractivity contribution in [2.75, 3.05) is 26.2 Å². The van der Waals surface area contributed by atoms with Gasteiger partial charge in [-0.25, -0.2) is 0 Å². The second-order valence-corrected chi connectivity index (χ2v) is 8.50. The van der Waals surface area contributed by atoms with Crippen LogP contribution in [0.3, 0.4) is 0 Å². The fourth-order valence-corrected chi connectivity index (χ4v) is 5.21. The molecule has 0 amide bonds. The van der Waals surface area contributed by atoms with Crippen LogP contribution in [0.4, 0.5) is 0 Å². The average Bonchev–Trinajstić information content (AvgIpc) is 3.29. The summed E-state index contributed by atoms with van der Waals surface area (Å²) >= 11 is 0. The monoisotopic (exact) mass is 313 g/mol. The van der Waals surface area contributed by atoms with Crippen LogP contribution in [0.25, 0.3) is 0 Å². The van der Waals surface area contributed by atoms with Gasteiger partial charge in [0.15, 0.2) is 0 Å². The molecule has 21 heavy (non-hydrogen) atoms. The number of hydrogen-bond donors (Lipinski definition) is 1. The zero-order valence-corrected chi connectivity index (χ0v) is 13.7. The van der Waals surface area contributed by atoms with Crippen molar-refractivity contribution in [3.05, 3.63) is 11.6 Å². The molecule has 120 valence electrons. The molecule has 2 heterocycles. The fraction of sp³-hybridized carbons (Fsp3) is 0.867. The van der Waals surface area contributed by atoms with Gasteiger partial charge in [-0.3, -0.25) is 0 Å². The van der Waals surface area contributed by atoms with Crippen LogP contribution in [0.5, 0.6) is 0 Å². The van der Waals surface area contributed by atoms with Crippen molar-refractivity contribution >= 4 is 10.2 Å². The van der Waals surface area contributed by atoms with Crippen LogP contribution >= 0.6 is 0 Å². The van der Waals surface area contributed by atoms with Crippen LogP contribution in [-0.4, -0.2) is 55.3 Å². The molecule has 0 aromatic heterocycles. The van der Waals surface area contributed by atoms with E-state index < -0.39 is 10.2 Å². The molecule has 6 heteroatoms. The molecule has 0 aromatic carbocycles. The topological polar surface area (TPSA) is 52.7 Å². The van der Waals surface area contributed by atoms with E-state index in [-0.39, 0.29) is 6.04 Å². The molecule has 3 aliphatic rings. The molecule has 1 saturated heterocycles. The molecular formula is C15H27N3O2S. The number of nitrogens with one attached hydrogen (secondary N) is 1. The Balaban J connectivity index is 1.69. The third-order valence-electron chi connectivity index (χ3n) is 4.71. The average molecular weight is 313 g/mol. The highest BCUT2D eigenvalue weighted by Crippen LogP contribution is 2.26. The summed E-state index contributed by atoms with van der Waals surface area (Å²) in [5.41, 5.74) is 1.16. The first-order chi connectivity index (χ1) is 10.1. The first kappa shape index (κ1) is 15.5. The standard InChI is InChI=1S/C15H27N3O2S/c1-13-5-4-9-17(12-13)21(19,20)18-10-3-2-6-15(18)11-16-14-7-8-14/h5,14-16H,2-4,6-12H2,1H3. The van der Waals surface area contributed by atoms with Crippen molar-refractivity contribution in [3.63, 3.8) is 0 Å². The van der Waals surface area contributed by atoms with Gasteiger partial charge in [-0.05, 0) is 39.0 Å². The minimum absolute atomic E-state index is 0.135. The Morgan fingerprint density at radius 3 is 2.76 bits per heavy atom. The molecule has 0 spiro atoms. The lowest BCUT2D eigenvalue weighted by Crippen LogP contribution is -2.54. The highest BCUT2D eigenvalue weighted by atomic mass is 32.2. The van der Waals surface area contributed by atoms with E-state index in [1.54, 1.807) is 8.61 Å². The maximum absolute atomic E-state index is 13.0. The third kappa shape index (κ3) is 3.67. The van der Waals surface area contributed by atoms with E-state index in [0.717, 1.165) is 37.8 Å². The van der Waals surface area contributed by atoms with Crippen LogP contribution in [0.1, 0.15) is 45.4 Å². The third-order valence-corrected chi connectivity index (χ3v) is 6.75. The summed E-state index contributed by atoms with van der Waals surface area (Å²) < 4.78 is 29.3. The Bertz CT molecular complexity index is 499. The SMILES string of the molecule is CC1=CCCN(S(=O)(=O)N2CCCCC2CNC2CC2)C1. The minimum atomic E-state index is -3.31. The van der Waals surface area contributed by atoms with Gasteiger partial charge in [0, 0.05) is 38.3 Å². The highest BCUT2D eigenvalue weighted by Gasteiger charge is 2.37. The minimum Gasteiger partial charge on any atom is -0.312 e. The predicted molar refractivity (Wildman–Crippen MR) is 84.2 cm³/mol. The van der Waals surface area contributed by atoms with E-state index >= 15 is 0 Å². The van der Waals surface area contributed by atoms with Crippen LogP contribution in [-0.2, 0) is 10.2 Å². The predicted octanol–water partition coefficient (Wildman–Crippen LogP) is 1.49. The summed E-state index contributed by atoms with van der Waals surface area (Å²) in [5.74, 6) is 0. The Labute approximate surface area is 128 Å². The van der Waals surface area contributed by atoms with Crippen molar-refractivity contribution < 1.29 is 8.42 Å². The van der Waals surface area contributed by atoms with E-state index in [4.69, 9.17) is 0 Å². The largest absolute Gasteiger partial charge is 0.312 e. The van der Waals surface area contributed by atoms with Crippen LogP contribution in [0, 0.1) is 0 Å². The highest BCUT2D eigenvalue weighted by molar-refractivity contribution is 7.86. The molecule has 1 atom stereocenters. The molecule has 1 unspecified atom stereocenters. The normalized spacial score (nSPS) is 29.4. The quantitative estimate of drug-likeness (QED) is 0.783. The summed E-state index contributed by atoms with van der Waals surface area (Å²) in [5, 5.41) is 3.50. The van der Waals surface area contributed by atoms with Crippen LogP contribution < -0.4 is 5.32 Å². The Morgan fingerprint density at radius 2 is 2.05 bits per heavy atom. The molecular weight excluding hydrogens is 286 g/mol. The van der Waals surface area contributed by atoms with Crippen molar-refractivity contribution in [1.29, 1.82) is 0 Å². The van der Waals surface area contributed by atoms with Gasteiger partial charge >= 0.3 is 0 Å². The molecule has 0 bridgehead atoms. The summed E-state index contributed by atoms with van der Waals surface area (Å²) in [7, 11) is -3.31. The van der Waals surface area contributed by atoms with Gasteiger partial charge < -0.3 is 5.32 Å². The maximum Gasteiger partial charge on any atom is 0.282 e. The summed E-state index contributed by atoms with van der Waals surface area (Å²) in [6.07, 6.45) is 8.59. The molecule has 2 aliphatic heterocycles. The zero-order valence-electron chi connectivity index (χ0n) is 12.9. The lowest BCUT2D eigenvalue weighted by Gasteiger charge is -2.39. The van der Waals surface area contributed by atoms with Crippen molar-refractivity contribution in [2.24, 2.45) is 0 Å². The molecule has 2 fully saturated rings. The van der Waals surface area contributed by atoms with Crippen molar-refractivity contribution in [2.45, 2.75) is 57.5 Å². The maximum atomic E-state index is 13.0. The summed E-state index contributed by atoms with van der Waals surface area (Å²) in [4.78, 5) is 0.